The average Bonchev–Trinajstić information content (AvgIpc) is 3.28. The number of carbonyl (C=O) groups excluding carboxylic acids is 2. The molecule has 3 atom stereocenters. The summed E-state index contributed by atoms with van der Waals surface area (Å²) in [6.07, 6.45) is 4.89. The van der Waals surface area contributed by atoms with Gasteiger partial charge in [0.05, 0.1) is 16.6 Å². The van der Waals surface area contributed by atoms with Gasteiger partial charge in [0.25, 0.3) is 5.91 Å². The first-order chi connectivity index (χ1) is 11.2. The van der Waals surface area contributed by atoms with Gasteiger partial charge in [0, 0.05) is 37.1 Å². The summed E-state index contributed by atoms with van der Waals surface area (Å²) in [5.74, 6) is 0.579. The van der Waals surface area contributed by atoms with E-state index in [0.29, 0.717) is 5.69 Å². The van der Waals surface area contributed by atoms with Crippen LogP contribution in [-0.4, -0.2) is 48.5 Å². The summed E-state index contributed by atoms with van der Waals surface area (Å²) in [6, 6.07) is 1.78. The summed E-state index contributed by atoms with van der Waals surface area (Å²) < 4.78 is 0.967. The van der Waals surface area contributed by atoms with Gasteiger partial charge in [-0.15, -0.1) is 11.3 Å². The monoisotopic (exact) mass is 330 g/mol. The van der Waals surface area contributed by atoms with Gasteiger partial charge in [-0.3, -0.25) is 14.5 Å². The van der Waals surface area contributed by atoms with Crippen molar-refractivity contribution < 1.29 is 9.59 Å². The minimum Gasteiger partial charge on any atom is -0.335 e. The van der Waals surface area contributed by atoms with Crippen LogP contribution in [-0.2, 0) is 4.79 Å². The van der Waals surface area contributed by atoms with E-state index in [9.17, 15) is 9.59 Å². The van der Waals surface area contributed by atoms with E-state index in [1.54, 1.807) is 19.3 Å². The van der Waals surface area contributed by atoms with Crippen LogP contribution in [0.4, 0.5) is 5.69 Å². The molecule has 1 N–H and O–H groups in total. The normalized spacial score (nSPS) is 25.7. The zero-order valence-electron chi connectivity index (χ0n) is 12.9. The van der Waals surface area contributed by atoms with Crippen molar-refractivity contribution in [3.8, 4) is 0 Å². The number of hydrogen-bond acceptors (Lipinski definition) is 5. The molecule has 2 aliphatic rings. The van der Waals surface area contributed by atoms with E-state index in [1.165, 1.54) is 22.7 Å². The molecule has 23 heavy (non-hydrogen) atoms. The number of nitrogens with zero attached hydrogens (tertiary/aromatic N) is 3. The molecule has 2 aromatic rings. The van der Waals surface area contributed by atoms with E-state index in [1.807, 2.05) is 5.38 Å². The van der Waals surface area contributed by atoms with Crippen LogP contribution >= 0.6 is 11.3 Å². The van der Waals surface area contributed by atoms with Crippen LogP contribution < -0.4 is 10.2 Å². The van der Waals surface area contributed by atoms with Crippen LogP contribution in [0.1, 0.15) is 23.3 Å². The van der Waals surface area contributed by atoms with E-state index in [4.69, 9.17) is 0 Å². The van der Waals surface area contributed by atoms with Gasteiger partial charge >= 0.3 is 0 Å². The number of rotatable bonds is 4. The standard InChI is InChI=1S/C16H18N4O2S/c1-19(9-21)13-8-23-14-6-17-12(5-11(13)14)16(22)18-15-4-10-2-3-20(15)7-10/h5-6,8-10,15H,2-4,7H2,1H3,(H,18,22). The molecular weight excluding hydrogens is 312 g/mol. The van der Waals surface area contributed by atoms with Crippen LogP contribution in [0.15, 0.2) is 17.6 Å². The highest BCUT2D eigenvalue weighted by atomic mass is 32.1. The molecule has 3 unspecified atom stereocenters. The summed E-state index contributed by atoms with van der Waals surface area (Å²) in [6.45, 7) is 2.16. The average molecular weight is 330 g/mol. The quantitative estimate of drug-likeness (QED) is 0.866. The number of fused-ring (bicyclic) bond motifs is 3. The molecule has 4 rings (SSSR count). The maximum atomic E-state index is 12.5. The van der Waals surface area contributed by atoms with Gasteiger partial charge in [0.15, 0.2) is 0 Å². The molecule has 0 aliphatic carbocycles. The smallest absolute Gasteiger partial charge is 0.271 e. The Morgan fingerprint density at radius 3 is 3.13 bits per heavy atom. The lowest BCUT2D eigenvalue weighted by molar-refractivity contribution is -0.107. The summed E-state index contributed by atoms with van der Waals surface area (Å²) in [5.41, 5.74) is 1.21. The van der Waals surface area contributed by atoms with Crippen molar-refractivity contribution in [3.63, 3.8) is 0 Å². The molecule has 0 spiro atoms. The number of piperidine rings is 1. The van der Waals surface area contributed by atoms with Gasteiger partial charge in [-0.2, -0.15) is 0 Å². The van der Waals surface area contributed by atoms with Gasteiger partial charge in [-0.1, -0.05) is 0 Å². The number of carbonyl (C=O) groups is 2. The zero-order valence-corrected chi connectivity index (χ0v) is 13.7. The fourth-order valence-electron chi connectivity index (χ4n) is 3.55. The minimum atomic E-state index is -0.143. The topological polar surface area (TPSA) is 65.5 Å². The predicted octanol–water partition coefficient (Wildman–Crippen LogP) is 1.67. The number of aromatic nitrogens is 1. The van der Waals surface area contributed by atoms with Crippen LogP contribution in [0.2, 0.25) is 0 Å². The fraction of sp³-hybridized carbons (Fsp3) is 0.438. The first-order valence-corrected chi connectivity index (χ1v) is 8.64. The number of hydrogen-bond donors (Lipinski definition) is 1. The third kappa shape index (κ3) is 2.49. The summed E-state index contributed by atoms with van der Waals surface area (Å²) >= 11 is 1.52. The molecule has 2 aromatic heterocycles. The van der Waals surface area contributed by atoms with E-state index in [0.717, 1.165) is 47.6 Å². The van der Waals surface area contributed by atoms with Gasteiger partial charge in [-0.25, -0.2) is 4.98 Å². The molecule has 2 bridgehead atoms. The Hall–Kier alpha value is -1.99. The molecule has 0 radical (unpaired) electrons. The lowest BCUT2D eigenvalue weighted by Crippen LogP contribution is -2.45. The van der Waals surface area contributed by atoms with Crippen molar-refractivity contribution in [2.45, 2.75) is 19.0 Å². The second kappa shape index (κ2) is 5.58. The molecule has 120 valence electrons. The summed E-state index contributed by atoms with van der Waals surface area (Å²) in [4.78, 5) is 31.6. The lowest BCUT2D eigenvalue weighted by atomic mass is 10.0. The van der Waals surface area contributed by atoms with E-state index in [-0.39, 0.29) is 12.1 Å². The summed E-state index contributed by atoms with van der Waals surface area (Å²) in [7, 11) is 1.71. The highest BCUT2D eigenvalue weighted by Crippen LogP contribution is 2.33. The first kappa shape index (κ1) is 14.6. The van der Waals surface area contributed by atoms with Crippen LogP contribution in [0, 0.1) is 5.92 Å². The highest BCUT2D eigenvalue weighted by molar-refractivity contribution is 7.17. The van der Waals surface area contributed by atoms with Gasteiger partial charge in [0.2, 0.25) is 6.41 Å². The third-order valence-corrected chi connectivity index (χ3v) is 5.74. The second-order valence-electron chi connectivity index (χ2n) is 6.28. The molecule has 7 heteroatoms. The van der Waals surface area contributed by atoms with Gasteiger partial charge in [0.1, 0.15) is 5.69 Å². The first-order valence-electron chi connectivity index (χ1n) is 7.76. The fourth-order valence-corrected chi connectivity index (χ4v) is 4.49. The minimum absolute atomic E-state index is 0.137. The Labute approximate surface area is 138 Å². The number of amides is 2. The number of nitrogens with one attached hydrogen (secondary N) is 1. The zero-order chi connectivity index (χ0) is 16.0. The molecule has 2 aliphatic heterocycles. The molecule has 0 aromatic carbocycles. The lowest BCUT2D eigenvalue weighted by Gasteiger charge is -2.25. The number of thiophene rings is 1. The maximum Gasteiger partial charge on any atom is 0.271 e. The third-order valence-electron chi connectivity index (χ3n) is 4.82. The molecule has 6 nitrogen and oxygen atoms in total. The van der Waals surface area contributed by atoms with Gasteiger partial charge in [-0.05, 0) is 24.8 Å². The van der Waals surface area contributed by atoms with Crippen molar-refractivity contribution in [2.24, 2.45) is 5.92 Å². The van der Waals surface area contributed by atoms with Gasteiger partial charge < -0.3 is 10.2 Å². The van der Waals surface area contributed by atoms with Crippen molar-refractivity contribution in [1.82, 2.24) is 15.2 Å². The van der Waals surface area contributed by atoms with E-state index in [2.05, 4.69) is 15.2 Å². The predicted molar refractivity (Wildman–Crippen MR) is 89.6 cm³/mol. The molecule has 2 saturated heterocycles. The Bertz CT molecular complexity index is 775. The van der Waals surface area contributed by atoms with Crippen LogP contribution in [0.5, 0.6) is 0 Å². The van der Waals surface area contributed by atoms with Crippen LogP contribution in [0.25, 0.3) is 10.1 Å². The van der Waals surface area contributed by atoms with Crippen molar-refractivity contribution in [3.05, 3.63) is 23.3 Å². The molecule has 2 amide bonds. The highest BCUT2D eigenvalue weighted by Gasteiger charge is 2.38. The Morgan fingerprint density at radius 1 is 1.57 bits per heavy atom. The molecular formula is C16H18N4O2S. The Balaban J connectivity index is 1.58. The Morgan fingerprint density at radius 2 is 2.43 bits per heavy atom. The van der Waals surface area contributed by atoms with Crippen molar-refractivity contribution >= 4 is 39.4 Å². The number of anilines is 1. The number of pyridine rings is 1. The van der Waals surface area contributed by atoms with Crippen LogP contribution in [0.3, 0.4) is 0 Å². The Kier molecular flexibility index (Phi) is 3.54. The van der Waals surface area contributed by atoms with Crippen molar-refractivity contribution in [2.75, 3.05) is 25.0 Å². The van der Waals surface area contributed by atoms with E-state index < -0.39 is 0 Å². The molecule has 0 saturated carbocycles. The largest absolute Gasteiger partial charge is 0.335 e. The van der Waals surface area contributed by atoms with Crippen molar-refractivity contribution in [1.29, 1.82) is 0 Å². The van der Waals surface area contributed by atoms with E-state index >= 15 is 0 Å². The maximum absolute atomic E-state index is 12.5. The molecule has 4 heterocycles. The summed E-state index contributed by atoms with van der Waals surface area (Å²) in [5, 5.41) is 5.88. The SMILES string of the molecule is CN(C=O)c1csc2cnc(C(=O)NC3CC4CCN3C4)cc12. The second-order valence-corrected chi connectivity index (χ2v) is 7.19. The molecule has 2 fully saturated rings.